The van der Waals surface area contributed by atoms with Crippen LogP contribution in [0.4, 0.5) is 0 Å². The number of hydrogen-bond acceptors (Lipinski definition) is 6. The van der Waals surface area contributed by atoms with Gasteiger partial charge in [-0.05, 0) is 65.9 Å². The molecule has 2 aromatic carbocycles. The first-order valence-corrected chi connectivity index (χ1v) is 12.4. The van der Waals surface area contributed by atoms with Crippen molar-refractivity contribution in [3.8, 4) is 5.75 Å². The number of aromatic hydroxyl groups is 1. The van der Waals surface area contributed by atoms with Gasteiger partial charge in [-0.3, -0.25) is 14.5 Å². The molecule has 2 saturated heterocycles. The lowest BCUT2D eigenvalue weighted by molar-refractivity contribution is -0.138. The largest absolute Gasteiger partial charge is 0.507 e. The fourth-order valence-electron chi connectivity index (χ4n) is 6.10. The van der Waals surface area contributed by atoms with Gasteiger partial charge in [-0.2, -0.15) is 0 Å². The summed E-state index contributed by atoms with van der Waals surface area (Å²) in [5.74, 6) is -1.62. The van der Waals surface area contributed by atoms with E-state index in [0.717, 1.165) is 22.3 Å². The number of fused-ring (bicyclic) bond motifs is 3. The minimum atomic E-state index is -1.06. The summed E-state index contributed by atoms with van der Waals surface area (Å²) < 4.78 is 5.99. The summed E-state index contributed by atoms with van der Waals surface area (Å²) in [7, 11) is 0.448. The molecule has 2 amide bonds. The molecule has 5 rings (SSSR count). The summed E-state index contributed by atoms with van der Waals surface area (Å²) in [4.78, 5) is 26.9. The maximum Gasteiger partial charge on any atom is 0.455 e. The third kappa shape index (κ3) is 4.41. The van der Waals surface area contributed by atoms with Crippen LogP contribution in [0.1, 0.15) is 30.4 Å². The molecule has 2 aromatic rings. The second-order valence-corrected chi connectivity index (χ2v) is 9.84. The Morgan fingerprint density at radius 1 is 1.08 bits per heavy atom. The van der Waals surface area contributed by atoms with Gasteiger partial charge in [-0.1, -0.05) is 48.5 Å². The predicted molar refractivity (Wildman–Crippen MR) is 136 cm³/mol. The predicted octanol–water partition coefficient (Wildman–Crippen LogP) is 3.13. The lowest BCUT2D eigenvalue weighted by Gasteiger charge is -2.43. The van der Waals surface area contributed by atoms with Crippen LogP contribution in [0.2, 0.25) is 6.32 Å². The van der Waals surface area contributed by atoms with Crippen molar-refractivity contribution in [1.29, 1.82) is 0 Å². The third-order valence-corrected chi connectivity index (χ3v) is 7.81. The van der Waals surface area contributed by atoms with E-state index < -0.39 is 25.1 Å². The summed E-state index contributed by atoms with van der Waals surface area (Å²) in [6, 6.07) is 17.0. The highest BCUT2D eigenvalue weighted by Crippen LogP contribution is 2.50. The van der Waals surface area contributed by atoms with Gasteiger partial charge in [0.15, 0.2) is 0 Å². The number of hydrogen-bond donors (Lipinski definition) is 3. The number of allylic oxidation sites excluding steroid dienone is 1. The van der Waals surface area contributed by atoms with E-state index in [-0.39, 0.29) is 36.4 Å². The van der Waals surface area contributed by atoms with E-state index in [1.807, 2.05) is 48.5 Å². The molecule has 8 heteroatoms. The first-order valence-electron chi connectivity index (χ1n) is 12.4. The molecule has 36 heavy (non-hydrogen) atoms. The Morgan fingerprint density at radius 3 is 2.53 bits per heavy atom. The zero-order valence-corrected chi connectivity index (χ0v) is 20.2. The van der Waals surface area contributed by atoms with Crippen LogP contribution in [0.15, 0.2) is 65.7 Å². The van der Waals surface area contributed by atoms with Crippen LogP contribution in [0.25, 0.3) is 11.6 Å². The van der Waals surface area contributed by atoms with E-state index in [2.05, 4.69) is 0 Å². The minimum absolute atomic E-state index is 0.187. The summed E-state index contributed by atoms with van der Waals surface area (Å²) in [5, 5.41) is 31.1. The number of benzene rings is 2. The molecule has 186 valence electrons. The van der Waals surface area contributed by atoms with Crippen LogP contribution in [-0.2, 0) is 14.2 Å². The van der Waals surface area contributed by atoms with Crippen molar-refractivity contribution in [3.05, 3.63) is 76.9 Å². The molecule has 0 bridgehead atoms. The summed E-state index contributed by atoms with van der Waals surface area (Å²) >= 11 is 0. The number of carbonyl (C=O) groups is 2. The van der Waals surface area contributed by atoms with Crippen molar-refractivity contribution in [1.82, 2.24) is 4.90 Å². The summed E-state index contributed by atoms with van der Waals surface area (Å²) in [6.07, 6.45) is 3.10. The van der Waals surface area contributed by atoms with Gasteiger partial charge in [0.1, 0.15) is 5.75 Å². The molecular weight excluding hydrogens is 457 g/mol. The van der Waals surface area contributed by atoms with Gasteiger partial charge in [0.05, 0.1) is 24.5 Å². The van der Waals surface area contributed by atoms with E-state index >= 15 is 0 Å². The van der Waals surface area contributed by atoms with E-state index in [1.165, 1.54) is 11.9 Å². The lowest BCUT2D eigenvalue weighted by Crippen LogP contribution is -2.46. The summed E-state index contributed by atoms with van der Waals surface area (Å²) in [5.41, 5.74) is 4.29. The van der Waals surface area contributed by atoms with Crippen molar-refractivity contribution in [2.75, 3.05) is 13.7 Å². The maximum atomic E-state index is 13.0. The normalized spacial score (nSPS) is 26.4. The number of phenolic OH excluding ortho intramolecular Hbond substituents is 1. The maximum absolute atomic E-state index is 13.0. The van der Waals surface area contributed by atoms with Gasteiger partial charge in [0, 0.05) is 12.6 Å². The Bertz CT molecular complexity index is 1230. The Balaban J connectivity index is 1.47. The molecule has 0 saturated carbocycles. The number of aliphatic hydroxyl groups excluding tert-OH is 1. The molecule has 2 heterocycles. The number of aliphatic hydroxyl groups is 1. The Labute approximate surface area is 210 Å². The Morgan fingerprint density at radius 2 is 1.81 bits per heavy atom. The van der Waals surface area contributed by atoms with Gasteiger partial charge in [-0.15, -0.1) is 0 Å². The molecule has 2 fully saturated rings. The standard InChI is InChI=1S/C28H30BNO6/c1-30-27(33)21-14-20(16-31)25-22(26(21)28(30)34)15-29(35)36-24(25)12-11-18(17-7-3-2-4-8-17)13-19-9-5-6-10-23(19)32/h2-10,13,21-22,24,26,31-32,35H,11-12,14-16H2,1H3/b18-13-/t21-,22+,24-,26-/m1/s1. The molecule has 1 aliphatic carbocycles. The number of carbonyl (C=O) groups excluding carboxylic acids is 2. The average Bonchev–Trinajstić information content (AvgIpc) is 3.11. The van der Waals surface area contributed by atoms with Gasteiger partial charge in [0.2, 0.25) is 11.8 Å². The first-order chi connectivity index (χ1) is 17.4. The topological polar surface area (TPSA) is 107 Å². The molecule has 7 nitrogen and oxygen atoms in total. The van der Waals surface area contributed by atoms with Crippen LogP contribution in [0, 0.1) is 17.8 Å². The second kappa shape index (κ2) is 10.0. The molecule has 0 spiro atoms. The number of para-hydroxylation sites is 1. The number of rotatable bonds is 6. The van der Waals surface area contributed by atoms with Crippen molar-refractivity contribution < 1.29 is 29.5 Å². The molecule has 0 unspecified atom stereocenters. The van der Waals surface area contributed by atoms with Crippen LogP contribution >= 0.6 is 0 Å². The molecule has 3 N–H and O–H groups in total. The highest BCUT2D eigenvalue weighted by atomic mass is 16.5. The number of imide groups is 1. The zero-order chi connectivity index (χ0) is 25.4. The monoisotopic (exact) mass is 487 g/mol. The van der Waals surface area contributed by atoms with E-state index in [1.54, 1.807) is 12.1 Å². The van der Waals surface area contributed by atoms with Crippen LogP contribution in [-0.4, -0.2) is 58.8 Å². The summed E-state index contributed by atoms with van der Waals surface area (Å²) in [6.45, 7) is -0.213. The second-order valence-electron chi connectivity index (χ2n) is 9.84. The van der Waals surface area contributed by atoms with E-state index in [9.17, 15) is 24.8 Å². The fraction of sp³-hybridized carbons (Fsp3) is 0.357. The SMILES string of the molecule is CN1C(=O)[C@@H]2[C@@H](CC(CO)=C3[C@@H](CC/C(=C/c4ccccc4O)c4ccccc4)OB(O)C[C@@H]32)C1=O. The van der Waals surface area contributed by atoms with Crippen LogP contribution in [0.5, 0.6) is 5.75 Å². The van der Waals surface area contributed by atoms with E-state index in [4.69, 9.17) is 4.65 Å². The number of amides is 2. The van der Waals surface area contributed by atoms with Gasteiger partial charge < -0.3 is 19.9 Å². The van der Waals surface area contributed by atoms with E-state index in [0.29, 0.717) is 24.8 Å². The number of nitrogens with zero attached hydrogens (tertiary/aromatic N) is 1. The Hall–Kier alpha value is -3.20. The molecule has 0 radical (unpaired) electrons. The molecule has 0 aromatic heterocycles. The molecular formula is C28H30BNO6. The lowest BCUT2D eigenvalue weighted by atomic mass is 9.58. The fourth-order valence-corrected chi connectivity index (χ4v) is 6.10. The van der Waals surface area contributed by atoms with Crippen molar-refractivity contribution in [3.63, 3.8) is 0 Å². The molecule has 4 atom stereocenters. The van der Waals surface area contributed by atoms with Crippen molar-refractivity contribution >= 4 is 30.6 Å². The first kappa shape index (κ1) is 24.5. The van der Waals surface area contributed by atoms with Crippen molar-refractivity contribution in [2.45, 2.75) is 31.7 Å². The third-order valence-electron chi connectivity index (χ3n) is 7.81. The van der Waals surface area contributed by atoms with Crippen LogP contribution < -0.4 is 0 Å². The van der Waals surface area contributed by atoms with Crippen molar-refractivity contribution in [2.24, 2.45) is 17.8 Å². The zero-order valence-electron chi connectivity index (χ0n) is 20.2. The van der Waals surface area contributed by atoms with Gasteiger partial charge in [-0.25, -0.2) is 0 Å². The van der Waals surface area contributed by atoms with Gasteiger partial charge >= 0.3 is 7.12 Å². The number of phenols is 1. The van der Waals surface area contributed by atoms with Crippen LogP contribution in [0.3, 0.4) is 0 Å². The minimum Gasteiger partial charge on any atom is -0.507 e. The molecule has 2 aliphatic heterocycles. The highest BCUT2D eigenvalue weighted by molar-refractivity contribution is 6.43. The number of likely N-dealkylation sites (tertiary alicyclic amines) is 1. The smallest absolute Gasteiger partial charge is 0.455 e. The highest BCUT2D eigenvalue weighted by Gasteiger charge is 2.56. The quantitative estimate of drug-likeness (QED) is 0.250. The Kier molecular flexibility index (Phi) is 6.84. The average molecular weight is 487 g/mol. The molecule has 3 aliphatic rings. The van der Waals surface area contributed by atoms with Gasteiger partial charge in [0.25, 0.3) is 0 Å².